The third kappa shape index (κ3) is 5.26. The molecule has 1 nitrogen and oxygen atoms in total. The minimum absolute atomic E-state index is 0.307. The molecular weight excluding hydrogens is 220 g/mol. The molecule has 0 amide bonds. The maximum absolute atomic E-state index is 13.1. The highest BCUT2D eigenvalue weighted by Gasteiger charge is 2.09. The maximum Gasteiger partial charge on any atom is 0.126 e. The quantitative estimate of drug-likeness (QED) is 0.768. The van der Waals surface area contributed by atoms with Gasteiger partial charge in [0, 0.05) is 12.1 Å². The average molecular weight is 241 g/mol. The highest BCUT2D eigenvalue weighted by atomic mass is 19.1. The Morgan fingerprint density at radius 1 is 1.06 bits per heavy atom. The minimum atomic E-state index is -0.495. The molecule has 96 valence electrons. The largest absolute Gasteiger partial charge is 0.314 e. The molecule has 0 aliphatic heterocycles. The van der Waals surface area contributed by atoms with Crippen LogP contribution in [0, 0.1) is 11.6 Å². The summed E-state index contributed by atoms with van der Waals surface area (Å²) in [6.07, 6.45) is 3.84. The summed E-state index contributed by atoms with van der Waals surface area (Å²) in [6.45, 7) is 5.17. The van der Waals surface area contributed by atoms with E-state index in [0.717, 1.165) is 37.4 Å². The summed E-state index contributed by atoms with van der Waals surface area (Å²) in [5, 5.41) is 3.41. The van der Waals surface area contributed by atoms with Crippen LogP contribution in [0.4, 0.5) is 8.78 Å². The van der Waals surface area contributed by atoms with E-state index in [1.165, 1.54) is 12.1 Å². The molecule has 0 saturated heterocycles. The monoisotopic (exact) mass is 241 g/mol. The van der Waals surface area contributed by atoms with Gasteiger partial charge in [0.15, 0.2) is 0 Å². The van der Waals surface area contributed by atoms with Crippen molar-refractivity contribution in [3.8, 4) is 0 Å². The Hall–Kier alpha value is -0.960. The van der Waals surface area contributed by atoms with E-state index in [0.29, 0.717) is 12.5 Å². The predicted octanol–water partition coefficient (Wildman–Crippen LogP) is 3.68. The predicted molar refractivity (Wildman–Crippen MR) is 67.1 cm³/mol. The zero-order valence-corrected chi connectivity index (χ0v) is 10.6. The molecule has 1 N–H and O–H groups in total. The first kappa shape index (κ1) is 14.1. The number of hydrogen-bond donors (Lipinski definition) is 1. The van der Waals surface area contributed by atoms with Crippen molar-refractivity contribution in [1.29, 1.82) is 0 Å². The number of nitrogens with one attached hydrogen (secondary N) is 1. The Bertz CT molecular complexity index is 319. The van der Waals surface area contributed by atoms with Crippen molar-refractivity contribution < 1.29 is 8.78 Å². The van der Waals surface area contributed by atoms with E-state index in [2.05, 4.69) is 19.2 Å². The number of benzene rings is 1. The topological polar surface area (TPSA) is 12.0 Å². The van der Waals surface area contributed by atoms with Crippen molar-refractivity contribution in [3.05, 3.63) is 35.4 Å². The van der Waals surface area contributed by atoms with Crippen LogP contribution in [0.3, 0.4) is 0 Å². The fourth-order valence-electron chi connectivity index (χ4n) is 1.99. The van der Waals surface area contributed by atoms with E-state index >= 15 is 0 Å². The zero-order valence-electron chi connectivity index (χ0n) is 10.6. The standard InChI is InChI=1S/C14H21F2N/c1-3-5-14(17-6-4-2)9-11-7-12(15)10-13(16)8-11/h7-8,10,14,17H,3-6,9H2,1-2H3. The Labute approximate surface area is 102 Å². The molecule has 0 aliphatic rings. The zero-order chi connectivity index (χ0) is 12.7. The van der Waals surface area contributed by atoms with Crippen LogP contribution in [-0.2, 0) is 6.42 Å². The lowest BCUT2D eigenvalue weighted by atomic mass is 10.0. The normalized spacial score (nSPS) is 12.7. The Balaban J connectivity index is 2.63. The summed E-state index contributed by atoms with van der Waals surface area (Å²) in [4.78, 5) is 0. The van der Waals surface area contributed by atoms with E-state index in [-0.39, 0.29) is 0 Å². The molecule has 0 radical (unpaired) electrons. The van der Waals surface area contributed by atoms with Gasteiger partial charge in [0.2, 0.25) is 0 Å². The highest BCUT2D eigenvalue weighted by Crippen LogP contribution is 2.12. The van der Waals surface area contributed by atoms with E-state index in [9.17, 15) is 8.78 Å². The first-order valence-electron chi connectivity index (χ1n) is 6.34. The average Bonchev–Trinajstić information content (AvgIpc) is 2.24. The van der Waals surface area contributed by atoms with Crippen LogP contribution in [0.15, 0.2) is 18.2 Å². The van der Waals surface area contributed by atoms with E-state index in [1.54, 1.807) is 0 Å². The molecule has 17 heavy (non-hydrogen) atoms. The first-order valence-corrected chi connectivity index (χ1v) is 6.34. The lowest BCUT2D eigenvalue weighted by Gasteiger charge is -2.17. The minimum Gasteiger partial charge on any atom is -0.314 e. The van der Waals surface area contributed by atoms with Crippen molar-refractivity contribution in [2.24, 2.45) is 0 Å². The highest BCUT2D eigenvalue weighted by molar-refractivity contribution is 5.18. The van der Waals surface area contributed by atoms with E-state index < -0.39 is 11.6 Å². The van der Waals surface area contributed by atoms with Gasteiger partial charge in [-0.05, 0) is 43.5 Å². The molecule has 1 unspecified atom stereocenters. The SMILES string of the molecule is CCCNC(CCC)Cc1cc(F)cc(F)c1. The molecule has 0 aromatic heterocycles. The van der Waals surface area contributed by atoms with Gasteiger partial charge in [-0.1, -0.05) is 20.3 Å². The van der Waals surface area contributed by atoms with Gasteiger partial charge in [-0.2, -0.15) is 0 Å². The lowest BCUT2D eigenvalue weighted by Crippen LogP contribution is -2.31. The van der Waals surface area contributed by atoms with E-state index in [1.807, 2.05) is 0 Å². The molecule has 3 heteroatoms. The lowest BCUT2D eigenvalue weighted by molar-refractivity contribution is 0.470. The molecule has 1 rings (SSSR count). The van der Waals surface area contributed by atoms with E-state index in [4.69, 9.17) is 0 Å². The van der Waals surface area contributed by atoms with Crippen LogP contribution >= 0.6 is 0 Å². The number of rotatable bonds is 7. The third-order valence-electron chi connectivity index (χ3n) is 2.72. The second-order valence-corrected chi connectivity index (χ2v) is 4.42. The Morgan fingerprint density at radius 3 is 2.24 bits per heavy atom. The van der Waals surface area contributed by atoms with Crippen molar-refractivity contribution in [2.45, 2.75) is 45.6 Å². The van der Waals surface area contributed by atoms with Gasteiger partial charge in [0.05, 0.1) is 0 Å². The summed E-state index contributed by atoms with van der Waals surface area (Å²) in [5.41, 5.74) is 0.726. The van der Waals surface area contributed by atoms with Gasteiger partial charge >= 0.3 is 0 Å². The molecule has 1 atom stereocenters. The smallest absolute Gasteiger partial charge is 0.126 e. The van der Waals surface area contributed by atoms with Gasteiger partial charge in [-0.15, -0.1) is 0 Å². The third-order valence-corrected chi connectivity index (χ3v) is 2.72. The number of hydrogen-bond acceptors (Lipinski definition) is 1. The van der Waals surface area contributed by atoms with Gasteiger partial charge in [0.25, 0.3) is 0 Å². The molecule has 0 aliphatic carbocycles. The van der Waals surface area contributed by atoms with Crippen LogP contribution in [0.25, 0.3) is 0 Å². The fraction of sp³-hybridized carbons (Fsp3) is 0.571. The summed E-state index contributed by atoms with van der Waals surface area (Å²) in [5.74, 6) is -0.989. The Morgan fingerprint density at radius 2 is 1.71 bits per heavy atom. The second-order valence-electron chi connectivity index (χ2n) is 4.42. The summed E-state index contributed by atoms with van der Waals surface area (Å²) >= 11 is 0. The Kier molecular flexibility index (Phi) is 6.12. The molecule has 0 bridgehead atoms. The van der Waals surface area contributed by atoms with Gasteiger partial charge in [-0.3, -0.25) is 0 Å². The van der Waals surface area contributed by atoms with Crippen LogP contribution in [0.2, 0.25) is 0 Å². The van der Waals surface area contributed by atoms with Crippen LogP contribution in [-0.4, -0.2) is 12.6 Å². The molecule has 1 aromatic carbocycles. The number of halogens is 2. The summed E-state index contributed by atoms with van der Waals surface area (Å²) < 4.78 is 26.1. The van der Waals surface area contributed by atoms with Crippen molar-refractivity contribution in [1.82, 2.24) is 5.32 Å². The van der Waals surface area contributed by atoms with Crippen molar-refractivity contribution in [2.75, 3.05) is 6.54 Å². The van der Waals surface area contributed by atoms with Crippen molar-refractivity contribution >= 4 is 0 Å². The molecule has 0 saturated carbocycles. The van der Waals surface area contributed by atoms with Gasteiger partial charge in [-0.25, -0.2) is 8.78 Å². The second kappa shape index (κ2) is 7.38. The van der Waals surface area contributed by atoms with Crippen LogP contribution in [0.1, 0.15) is 38.7 Å². The first-order chi connectivity index (χ1) is 8.15. The molecule has 0 heterocycles. The van der Waals surface area contributed by atoms with Crippen LogP contribution < -0.4 is 5.32 Å². The van der Waals surface area contributed by atoms with Crippen LogP contribution in [0.5, 0.6) is 0 Å². The maximum atomic E-state index is 13.1. The summed E-state index contributed by atoms with van der Waals surface area (Å²) in [6, 6.07) is 4.05. The van der Waals surface area contributed by atoms with Gasteiger partial charge < -0.3 is 5.32 Å². The molecule has 1 aromatic rings. The van der Waals surface area contributed by atoms with Gasteiger partial charge in [0.1, 0.15) is 11.6 Å². The van der Waals surface area contributed by atoms with Crippen molar-refractivity contribution in [3.63, 3.8) is 0 Å². The fourth-order valence-corrected chi connectivity index (χ4v) is 1.99. The molecule has 0 spiro atoms. The molecular formula is C14H21F2N. The summed E-state index contributed by atoms with van der Waals surface area (Å²) in [7, 11) is 0. The molecule has 0 fully saturated rings.